The number of rotatable bonds is 9. The van der Waals surface area contributed by atoms with Gasteiger partial charge in [0.05, 0.1) is 17.9 Å². The number of halogens is 1. The molecule has 214 valence electrons. The highest BCUT2D eigenvalue weighted by atomic mass is 19.1. The van der Waals surface area contributed by atoms with Crippen molar-refractivity contribution in [3.05, 3.63) is 59.2 Å². The van der Waals surface area contributed by atoms with Crippen LogP contribution in [0.2, 0.25) is 0 Å². The van der Waals surface area contributed by atoms with E-state index in [-0.39, 0.29) is 11.3 Å². The van der Waals surface area contributed by atoms with Gasteiger partial charge in [0.25, 0.3) is 0 Å². The number of pyridine rings is 1. The Morgan fingerprint density at radius 1 is 1.26 bits per heavy atom. The molecule has 3 aliphatic heterocycles. The van der Waals surface area contributed by atoms with E-state index in [1.54, 1.807) is 6.08 Å². The first-order chi connectivity index (χ1) is 18.6. The Kier molecular flexibility index (Phi) is 9.78. The van der Waals surface area contributed by atoms with Crippen LogP contribution < -0.4 is 10.2 Å². The summed E-state index contributed by atoms with van der Waals surface area (Å²) >= 11 is 0. The number of aryl methyl sites for hydroxylation is 1. The SMILES string of the molecule is C=C(F)/C=C\C(=C/C)Cc1cc2c(nc1CC)C(C)(C)CN2C(=O)CN1CCNCC1CN1CCCCC1C. The van der Waals surface area contributed by atoms with Gasteiger partial charge >= 0.3 is 0 Å². The van der Waals surface area contributed by atoms with Crippen LogP contribution in [0, 0.1) is 0 Å². The monoisotopic (exact) mass is 537 g/mol. The Hall–Kier alpha value is -2.35. The van der Waals surface area contributed by atoms with Crippen molar-refractivity contribution < 1.29 is 9.18 Å². The molecule has 1 amide bonds. The molecule has 2 unspecified atom stereocenters. The van der Waals surface area contributed by atoms with Gasteiger partial charge < -0.3 is 10.2 Å². The predicted octanol–water partition coefficient (Wildman–Crippen LogP) is 4.94. The van der Waals surface area contributed by atoms with Crippen molar-refractivity contribution in [2.24, 2.45) is 0 Å². The third-order valence-electron chi connectivity index (χ3n) is 8.73. The third kappa shape index (κ3) is 7.05. The summed E-state index contributed by atoms with van der Waals surface area (Å²) in [7, 11) is 0. The minimum atomic E-state index is -0.461. The normalized spacial score (nSPS) is 24.4. The molecule has 0 aromatic carbocycles. The van der Waals surface area contributed by atoms with Crippen molar-refractivity contribution in [2.75, 3.05) is 50.7 Å². The summed E-state index contributed by atoms with van der Waals surface area (Å²) in [4.78, 5) is 26.0. The number of hydrogen-bond acceptors (Lipinski definition) is 5. The maximum absolute atomic E-state index is 13.9. The number of nitrogens with zero attached hydrogens (tertiary/aromatic N) is 4. The highest BCUT2D eigenvalue weighted by Gasteiger charge is 2.41. The summed E-state index contributed by atoms with van der Waals surface area (Å²) in [5.41, 5.74) is 4.85. The number of carbonyl (C=O) groups is 1. The Balaban J connectivity index is 1.55. The lowest BCUT2D eigenvalue weighted by atomic mass is 9.90. The quantitative estimate of drug-likeness (QED) is 0.452. The highest BCUT2D eigenvalue weighted by molar-refractivity contribution is 5.97. The van der Waals surface area contributed by atoms with Gasteiger partial charge in [-0.1, -0.05) is 45.9 Å². The summed E-state index contributed by atoms with van der Waals surface area (Å²) in [6, 6.07) is 3.12. The lowest BCUT2D eigenvalue weighted by Gasteiger charge is -2.42. The second-order valence-electron chi connectivity index (χ2n) is 12.2. The molecule has 0 radical (unpaired) electrons. The number of piperazine rings is 1. The van der Waals surface area contributed by atoms with Crippen LogP contribution in [0.15, 0.2) is 42.3 Å². The molecule has 4 rings (SSSR count). The number of anilines is 1. The Morgan fingerprint density at radius 3 is 2.74 bits per heavy atom. The summed E-state index contributed by atoms with van der Waals surface area (Å²) in [6.45, 7) is 20.1. The standard InChI is InChI=1S/C32H48FN5O/c1-7-25(13-12-23(3)33)17-26-18-29-31(35-28(26)8-2)32(5,6)22-38(29)30(39)21-37-16-14-34-19-27(37)20-36-15-10-9-11-24(36)4/h7,12-13,18,24,27,34H,3,8-11,14-17,19-22H2,1-2,4-6H3/b13-12-,25-7+. The number of hydrogen-bond donors (Lipinski definition) is 1. The fourth-order valence-corrected chi connectivity index (χ4v) is 6.35. The van der Waals surface area contributed by atoms with E-state index in [0.717, 1.165) is 67.4 Å². The Labute approximate surface area is 235 Å². The first-order valence-corrected chi connectivity index (χ1v) is 14.8. The van der Waals surface area contributed by atoms with Gasteiger partial charge in [0.1, 0.15) is 5.83 Å². The van der Waals surface area contributed by atoms with E-state index >= 15 is 0 Å². The maximum atomic E-state index is 13.9. The van der Waals surface area contributed by atoms with Crippen molar-refractivity contribution in [3.8, 4) is 0 Å². The molecule has 0 spiro atoms. The molecule has 0 bridgehead atoms. The number of piperidine rings is 1. The van der Waals surface area contributed by atoms with Crippen LogP contribution in [-0.4, -0.2) is 78.6 Å². The van der Waals surface area contributed by atoms with E-state index in [2.05, 4.69) is 55.5 Å². The lowest BCUT2D eigenvalue weighted by Crippen LogP contribution is -2.59. The average Bonchev–Trinajstić information content (AvgIpc) is 3.17. The Morgan fingerprint density at radius 2 is 2.05 bits per heavy atom. The van der Waals surface area contributed by atoms with E-state index in [4.69, 9.17) is 4.98 Å². The fourth-order valence-electron chi connectivity index (χ4n) is 6.35. The number of aromatic nitrogens is 1. The molecular weight excluding hydrogens is 489 g/mol. The van der Waals surface area contributed by atoms with Crippen molar-refractivity contribution in [2.45, 2.75) is 84.2 Å². The van der Waals surface area contributed by atoms with Crippen LogP contribution >= 0.6 is 0 Å². The van der Waals surface area contributed by atoms with Gasteiger partial charge in [-0.2, -0.15) is 0 Å². The van der Waals surface area contributed by atoms with Gasteiger partial charge in [-0.05, 0) is 69.4 Å². The number of nitrogens with one attached hydrogen (secondary N) is 1. The van der Waals surface area contributed by atoms with Gasteiger partial charge in [0.15, 0.2) is 0 Å². The van der Waals surface area contributed by atoms with E-state index in [1.807, 2.05) is 17.9 Å². The van der Waals surface area contributed by atoms with E-state index in [0.29, 0.717) is 31.6 Å². The largest absolute Gasteiger partial charge is 0.314 e. The molecule has 7 heteroatoms. The number of carbonyl (C=O) groups excluding carboxylic acids is 1. The minimum Gasteiger partial charge on any atom is -0.314 e. The molecule has 0 saturated carbocycles. The molecule has 6 nitrogen and oxygen atoms in total. The zero-order valence-electron chi connectivity index (χ0n) is 24.7. The number of amides is 1. The summed E-state index contributed by atoms with van der Waals surface area (Å²) in [6.07, 6.45) is 10.5. The van der Waals surface area contributed by atoms with Crippen LogP contribution in [0.4, 0.5) is 10.1 Å². The fraction of sp³-hybridized carbons (Fsp3) is 0.625. The van der Waals surface area contributed by atoms with Gasteiger partial charge in [0, 0.05) is 55.9 Å². The van der Waals surface area contributed by atoms with E-state index < -0.39 is 5.83 Å². The summed E-state index contributed by atoms with van der Waals surface area (Å²) in [5.74, 6) is -0.311. The molecule has 4 heterocycles. The van der Waals surface area contributed by atoms with Gasteiger partial charge in [-0.3, -0.25) is 19.6 Å². The van der Waals surface area contributed by atoms with Gasteiger partial charge in [0.2, 0.25) is 5.91 Å². The van der Waals surface area contributed by atoms with Crippen LogP contribution in [0.1, 0.15) is 70.8 Å². The zero-order chi connectivity index (χ0) is 28.2. The molecular formula is C32H48FN5O. The molecule has 1 aromatic heterocycles. The summed E-state index contributed by atoms with van der Waals surface area (Å²) in [5, 5.41) is 3.56. The average molecular weight is 538 g/mol. The molecule has 1 aromatic rings. The van der Waals surface area contributed by atoms with Crippen molar-refractivity contribution in [1.29, 1.82) is 0 Å². The third-order valence-corrected chi connectivity index (χ3v) is 8.73. The first-order valence-electron chi connectivity index (χ1n) is 14.8. The van der Waals surface area contributed by atoms with E-state index in [9.17, 15) is 9.18 Å². The topological polar surface area (TPSA) is 51.7 Å². The van der Waals surface area contributed by atoms with Crippen molar-refractivity contribution in [1.82, 2.24) is 20.1 Å². The zero-order valence-corrected chi connectivity index (χ0v) is 24.7. The lowest BCUT2D eigenvalue weighted by molar-refractivity contribution is -0.120. The second-order valence-corrected chi connectivity index (χ2v) is 12.2. The van der Waals surface area contributed by atoms with E-state index in [1.165, 1.54) is 25.3 Å². The minimum absolute atomic E-state index is 0.150. The molecule has 2 saturated heterocycles. The summed E-state index contributed by atoms with van der Waals surface area (Å²) < 4.78 is 13.3. The van der Waals surface area contributed by atoms with Crippen LogP contribution in [-0.2, 0) is 23.1 Å². The number of fused-ring (bicyclic) bond motifs is 1. The molecule has 2 fully saturated rings. The van der Waals surface area contributed by atoms with Crippen LogP contribution in [0.3, 0.4) is 0 Å². The van der Waals surface area contributed by atoms with Crippen LogP contribution in [0.25, 0.3) is 0 Å². The molecule has 39 heavy (non-hydrogen) atoms. The molecule has 3 aliphatic rings. The first kappa shape index (κ1) is 29.6. The molecule has 1 N–H and O–H groups in total. The van der Waals surface area contributed by atoms with Crippen molar-refractivity contribution >= 4 is 11.6 Å². The molecule has 2 atom stereocenters. The smallest absolute Gasteiger partial charge is 0.241 e. The van der Waals surface area contributed by atoms with Crippen LogP contribution in [0.5, 0.6) is 0 Å². The molecule has 0 aliphatic carbocycles. The highest BCUT2D eigenvalue weighted by Crippen LogP contribution is 2.41. The van der Waals surface area contributed by atoms with Crippen molar-refractivity contribution in [3.63, 3.8) is 0 Å². The number of likely N-dealkylation sites (tertiary alicyclic amines) is 1. The number of allylic oxidation sites excluding steroid dienone is 5. The predicted molar refractivity (Wildman–Crippen MR) is 159 cm³/mol. The second kappa shape index (κ2) is 12.9. The maximum Gasteiger partial charge on any atom is 0.241 e. The van der Waals surface area contributed by atoms with Gasteiger partial charge in [-0.15, -0.1) is 0 Å². The Bertz CT molecular complexity index is 1110. The van der Waals surface area contributed by atoms with Gasteiger partial charge in [-0.25, -0.2) is 4.39 Å².